The van der Waals surface area contributed by atoms with E-state index in [1.165, 1.54) is 0 Å². The summed E-state index contributed by atoms with van der Waals surface area (Å²) in [5.41, 5.74) is 2.27. The molecule has 100 valence electrons. The molecule has 0 radical (unpaired) electrons. The second-order valence-electron chi connectivity index (χ2n) is 4.44. The molecule has 4 heteroatoms. The van der Waals surface area contributed by atoms with Crippen LogP contribution in [0.2, 0.25) is 5.02 Å². The third-order valence-corrected chi connectivity index (χ3v) is 3.84. The molecule has 2 nitrogen and oxygen atoms in total. The van der Waals surface area contributed by atoms with Gasteiger partial charge in [0.1, 0.15) is 5.75 Å². The molecule has 2 rings (SSSR count). The second kappa shape index (κ2) is 6.42. The number of phenolic OH excluding ortho intramolecular Hbond substituents is 1. The van der Waals surface area contributed by atoms with Crippen LogP contribution in [0.15, 0.2) is 46.9 Å². The molecule has 0 aromatic heterocycles. The lowest BCUT2D eigenvalue weighted by molar-refractivity contribution is 0.471. The maximum atomic E-state index is 9.45. The molecule has 0 saturated heterocycles. The van der Waals surface area contributed by atoms with Gasteiger partial charge in [0.25, 0.3) is 0 Å². The SMILES string of the molecule is CC(NCc1ccc(O)c(Br)c1)c1cccc(Cl)c1. The molecule has 0 amide bonds. The molecule has 0 aliphatic heterocycles. The predicted molar refractivity (Wildman–Crippen MR) is 82.5 cm³/mol. The van der Waals surface area contributed by atoms with Gasteiger partial charge in [-0.25, -0.2) is 0 Å². The summed E-state index contributed by atoms with van der Waals surface area (Å²) in [5.74, 6) is 0.256. The quantitative estimate of drug-likeness (QED) is 0.848. The van der Waals surface area contributed by atoms with E-state index in [1.54, 1.807) is 6.07 Å². The summed E-state index contributed by atoms with van der Waals surface area (Å²) in [7, 11) is 0. The van der Waals surface area contributed by atoms with Crippen molar-refractivity contribution in [3.63, 3.8) is 0 Å². The predicted octanol–water partition coefficient (Wildman–Crippen LogP) is 4.66. The summed E-state index contributed by atoms with van der Waals surface area (Å²) in [5, 5.41) is 13.6. The largest absolute Gasteiger partial charge is 0.507 e. The van der Waals surface area contributed by atoms with Crippen LogP contribution in [0.25, 0.3) is 0 Å². The summed E-state index contributed by atoms with van der Waals surface area (Å²) in [6.45, 7) is 2.83. The van der Waals surface area contributed by atoms with E-state index in [2.05, 4.69) is 34.2 Å². The van der Waals surface area contributed by atoms with Crippen LogP contribution in [0, 0.1) is 0 Å². The second-order valence-corrected chi connectivity index (χ2v) is 5.73. The fraction of sp³-hybridized carbons (Fsp3) is 0.200. The number of hydrogen-bond acceptors (Lipinski definition) is 2. The van der Waals surface area contributed by atoms with Gasteiger partial charge in [-0.3, -0.25) is 0 Å². The van der Waals surface area contributed by atoms with Gasteiger partial charge in [-0.15, -0.1) is 0 Å². The fourth-order valence-corrected chi connectivity index (χ4v) is 2.45. The number of hydrogen-bond donors (Lipinski definition) is 2. The highest BCUT2D eigenvalue weighted by molar-refractivity contribution is 9.10. The van der Waals surface area contributed by atoms with Crippen LogP contribution >= 0.6 is 27.5 Å². The molecule has 1 atom stereocenters. The van der Waals surface area contributed by atoms with Crippen LogP contribution in [0.4, 0.5) is 0 Å². The van der Waals surface area contributed by atoms with E-state index in [0.29, 0.717) is 4.47 Å². The van der Waals surface area contributed by atoms with E-state index >= 15 is 0 Å². The number of phenols is 1. The van der Waals surface area contributed by atoms with E-state index in [4.69, 9.17) is 11.6 Å². The molecule has 0 heterocycles. The third-order valence-electron chi connectivity index (χ3n) is 2.97. The maximum Gasteiger partial charge on any atom is 0.129 e. The number of halogens is 2. The maximum absolute atomic E-state index is 9.45. The Labute approximate surface area is 126 Å². The Balaban J connectivity index is 2.00. The van der Waals surface area contributed by atoms with Gasteiger partial charge < -0.3 is 10.4 Å². The monoisotopic (exact) mass is 339 g/mol. The first-order valence-electron chi connectivity index (χ1n) is 6.02. The van der Waals surface area contributed by atoms with Gasteiger partial charge in [-0.2, -0.15) is 0 Å². The molecular formula is C15H15BrClNO. The number of benzene rings is 2. The van der Waals surface area contributed by atoms with Gasteiger partial charge >= 0.3 is 0 Å². The number of rotatable bonds is 4. The molecule has 2 aromatic carbocycles. The standard InChI is InChI=1S/C15H15BrClNO/c1-10(12-3-2-4-13(17)8-12)18-9-11-5-6-15(19)14(16)7-11/h2-8,10,18-19H,9H2,1H3. The molecule has 0 saturated carbocycles. The summed E-state index contributed by atoms with van der Waals surface area (Å²) in [4.78, 5) is 0. The van der Waals surface area contributed by atoms with Crippen LogP contribution in [-0.4, -0.2) is 5.11 Å². The van der Waals surface area contributed by atoms with Gasteiger partial charge in [-0.1, -0.05) is 29.8 Å². The fourth-order valence-electron chi connectivity index (χ4n) is 1.83. The van der Waals surface area contributed by atoms with Gasteiger partial charge in [0.15, 0.2) is 0 Å². The lowest BCUT2D eigenvalue weighted by Crippen LogP contribution is -2.18. The zero-order valence-corrected chi connectivity index (χ0v) is 12.9. The lowest BCUT2D eigenvalue weighted by atomic mass is 10.1. The zero-order chi connectivity index (χ0) is 13.8. The molecule has 1 unspecified atom stereocenters. The van der Waals surface area contributed by atoms with Gasteiger partial charge in [0, 0.05) is 17.6 Å². The van der Waals surface area contributed by atoms with Crippen molar-refractivity contribution in [1.82, 2.24) is 5.32 Å². The van der Waals surface area contributed by atoms with Crippen LogP contribution < -0.4 is 5.32 Å². The number of aromatic hydroxyl groups is 1. The molecule has 2 aromatic rings. The van der Waals surface area contributed by atoms with Crippen molar-refractivity contribution in [2.24, 2.45) is 0 Å². The van der Waals surface area contributed by atoms with Gasteiger partial charge in [-0.05, 0) is 58.2 Å². The molecule has 0 spiro atoms. The summed E-state index contributed by atoms with van der Waals surface area (Å²) in [6.07, 6.45) is 0. The van der Waals surface area contributed by atoms with Gasteiger partial charge in [0.05, 0.1) is 4.47 Å². The minimum absolute atomic E-state index is 0.214. The normalized spacial score (nSPS) is 12.4. The summed E-state index contributed by atoms with van der Waals surface area (Å²) in [6, 6.07) is 13.5. The molecule has 0 aliphatic carbocycles. The average molecular weight is 341 g/mol. The van der Waals surface area contributed by atoms with Crippen molar-refractivity contribution in [2.75, 3.05) is 0 Å². The molecular weight excluding hydrogens is 326 g/mol. The molecule has 19 heavy (non-hydrogen) atoms. The van der Waals surface area contributed by atoms with Crippen molar-refractivity contribution in [3.05, 3.63) is 63.1 Å². The van der Waals surface area contributed by atoms with Crippen molar-refractivity contribution in [2.45, 2.75) is 19.5 Å². The minimum Gasteiger partial charge on any atom is -0.507 e. The van der Waals surface area contributed by atoms with Crippen LogP contribution in [0.3, 0.4) is 0 Å². The Hall–Kier alpha value is -1.03. The third kappa shape index (κ3) is 3.96. The molecule has 0 fully saturated rings. The van der Waals surface area contributed by atoms with Crippen LogP contribution in [0.1, 0.15) is 24.1 Å². The van der Waals surface area contributed by atoms with Crippen LogP contribution in [0.5, 0.6) is 5.75 Å². The zero-order valence-electron chi connectivity index (χ0n) is 10.5. The highest BCUT2D eigenvalue weighted by Crippen LogP contribution is 2.24. The van der Waals surface area contributed by atoms with Crippen molar-refractivity contribution < 1.29 is 5.11 Å². The van der Waals surface area contributed by atoms with E-state index in [1.807, 2.05) is 30.3 Å². The molecule has 0 aliphatic rings. The Morgan fingerprint density at radius 2 is 2.05 bits per heavy atom. The first-order chi connectivity index (χ1) is 9.06. The highest BCUT2D eigenvalue weighted by atomic mass is 79.9. The summed E-state index contributed by atoms with van der Waals surface area (Å²) >= 11 is 9.29. The highest BCUT2D eigenvalue weighted by Gasteiger charge is 2.06. The van der Waals surface area contributed by atoms with Crippen molar-refractivity contribution in [3.8, 4) is 5.75 Å². The Kier molecular flexibility index (Phi) is 4.86. The van der Waals surface area contributed by atoms with Crippen LogP contribution in [-0.2, 0) is 6.54 Å². The Bertz CT molecular complexity index is 574. The van der Waals surface area contributed by atoms with Gasteiger partial charge in [0.2, 0.25) is 0 Å². The molecule has 0 bridgehead atoms. The Morgan fingerprint density at radius 3 is 2.74 bits per heavy atom. The first kappa shape index (κ1) is 14.4. The topological polar surface area (TPSA) is 32.3 Å². The number of nitrogens with one attached hydrogen (secondary N) is 1. The van der Waals surface area contributed by atoms with E-state index < -0.39 is 0 Å². The smallest absolute Gasteiger partial charge is 0.129 e. The van der Waals surface area contributed by atoms with E-state index in [-0.39, 0.29) is 11.8 Å². The summed E-state index contributed by atoms with van der Waals surface area (Å²) < 4.78 is 0.710. The molecule has 2 N–H and O–H groups in total. The minimum atomic E-state index is 0.214. The van der Waals surface area contributed by atoms with E-state index in [9.17, 15) is 5.11 Å². The Morgan fingerprint density at radius 1 is 1.26 bits per heavy atom. The van der Waals surface area contributed by atoms with Crippen molar-refractivity contribution >= 4 is 27.5 Å². The van der Waals surface area contributed by atoms with E-state index in [0.717, 1.165) is 22.7 Å². The van der Waals surface area contributed by atoms with Crippen molar-refractivity contribution in [1.29, 1.82) is 0 Å². The first-order valence-corrected chi connectivity index (χ1v) is 7.19. The average Bonchev–Trinajstić information content (AvgIpc) is 2.40. The lowest BCUT2D eigenvalue weighted by Gasteiger charge is -2.15.